The van der Waals surface area contributed by atoms with E-state index in [1.165, 1.54) is 7.11 Å². The maximum atomic E-state index is 11.1. The highest BCUT2D eigenvalue weighted by Crippen LogP contribution is 2.05. The van der Waals surface area contributed by atoms with Gasteiger partial charge in [-0.2, -0.15) is 0 Å². The van der Waals surface area contributed by atoms with Crippen molar-refractivity contribution >= 4 is 26.0 Å². The topological polar surface area (TPSA) is 55.4 Å². The number of methoxy groups -OCH3 is 1. The third-order valence-electron chi connectivity index (χ3n) is 1.08. The molecular weight excluding hydrogens is 246 g/mol. The molecule has 0 radical (unpaired) electrons. The zero-order valence-corrected chi connectivity index (χ0v) is 9.83. The molecule has 6 heteroatoms. The predicted molar refractivity (Wildman–Crippen MR) is 51.8 cm³/mol. The Bertz CT molecular complexity index is 225. The zero-order chi connectivity index (χ0) is 9.83. The van der Waals surface area contributed by atoms with Crippen molar-refractivity contribution in [2.75, 3.05) is 18.4 Å². The van der Waals surface area contributed by atoms with Crippen LogP contribution in [0.4, 0.5) is 0 Å². The van der Waals surface area contributed by atoms with Crippen LogP contribution in [0.2, 0.25) is 0 Å². The van der Waals surface area contributed by atoms with E-state index in [1.54, 1.807) is 13.8 Å². The number of nitrogens with one attached hydrogen (secondary N) is 1. The smallest absolute Gasteiger partial charge is 0.222 e. The van der Waals surface area contributed by atoms with E-state index in [0.717, 1.165) is 0 Å². The lowest BCUT2D eigenvalue weighted by atomic mass is 10.1. The van der Waals surface area contributed by atoms with Gasteiger partial charge >= 0.3 is 0 Å². The number of rotatable bonds is 5. The molecule has 0 amide bonds. The molecule has 0 rings (SSSR count). The maximum absolute atomic E-state index is 11.1. The van der Waals surface area contributed by atoms with Gasteiger partial charge in [0.15, 0.2) is 0 Å². The average Bonchev–Trinajstić information content (AvgIpc) is 1.85. The SMILES string of the molecule is COCC(C)(C)NS(=O)(=O)CBr. The van der Waals surface area contributed by atoms with Crippen LogP contribution in [0, 0.1) is 0 Å². The first-order chi connectivity index (χ1) is 5.33. The lowest BCUT2D eigenvalue weighted by Gasteiger charge is -2.24. The van der Waals surface area contributed by atoms with Gasteiger partial charge in [-0.1, -0.05) is 15.9 Å². The first-order valence-corrected chi connectivity index (χ1v) is 6.17. The summed E-state index contributed by atoms with van der Waals surface area (Å²) in [5, 5.41) is 0. The van der Waals surface area contributed by atoms with Gasteiger partial charge in [0.05, 0.1) is 12.1 Å². The number of hydrogen-bond donors (Lipinski definition) is 1. The molecule has 0 bridgehead atoms. The highest BCUT2D eigenvalue weighted by molar-refractivity contribution is 9.10. The zero-order valence-electron chi connectivity index (χ0n) is 7.43. The molecule has 0 atom stereocenters. The quantitative estimate of drug-likeness (QED) is 0.740. The van der Waals surface area contributed by atoms with E-state index in [4.69, 9.17) is 4.74 Å². The van der Waals surface area contributed by atoms with Crippen LogP contribution in [0.3, 0.4) is 0 Å². The Balaban J connectivity index is 4.24. The summed E-state index contributed by atoms with van der Waals surface area (Å²) >= 11 is 2.88. The highest BCUT2D eigenvalue weighted by atomic mass is 79.9. The second-order valence-electron chi connectivity index (χ2n) is 3.14. The Hall–Kier alpha value is 0.350. The summed E-state index contributed by atoms with van der Waals surface area (Å²) in [6.45, 7) is 3.87. The van der Waals surface area contributed by atoms with E-state index in [9.17, 15) is 8.42 Å². The van der Waals surface area contributed by atoms with Crippen molar-refractivity contribution < 1.29 is 13.2 Å². The number of ether oxygens (including phenoxy) is 1. The Morgan fingerprint density at radius 1 is 1.50 bits per heavy atom. The molecule has 0 aromatic carbocycles. The van der Waals surface area contributed by atoms with Crippen LogP contribution in [-0.2, 0) is 14.8 Å². The molecule has 0 fully saturated rings. The fourth-order valence-corrected chi connectivity index (χ4v) is 2.14. The molecule has 0 aliphatic carbocycles. The molecule has 4 nitrogen and oxygen atoms in total. The van der Waals surface area contributed by atoms with Gasteiger partial charge in [-0.3, -0.25) is 0 Å². The van der Waals surface area contributed by atoms with E-state index in [-0.39, 0.29) is 4.66 Å². The molecule has 12 heavy (non-hydrogen) atoms. The third-order valence-corrected chi connectivity index (χ3v) is 4.04. The number of halogens is 1. The minimum absolute atomic E-state index is 0.0901. The third kappa shape index (κ3) is 5.08. The molecule has 0 aliphatic rings. The Kier molecular flexibility index (Phi) is 4.68. The molecule has 0 spiro atoms. The summed E-state index contributed by atoms with van der Waals surface area (Å²) < 4.78 is 29.4. The molecule has 0 aromatic rings. The normalized spacial score (nSPS) is 13.3. The maximum Gasteiger partial charge on any atom is 0.222 e. The second-order valence-corrected chi connectivity index (χ2v) is 6.17. The van der Waals surface area contributed by atoms with Crippen LogP contribution >= 0.6 is 15.9 Å². The summed E-state index contributed by atoms with van der Waals surface area (Å²) in [7, 11) is -1.68. The van der Waals surface area contributed by atoms with Crippen LogP contribution in [0.25, 0.3) is 0 Å². The monoisotopic (exact) mass is 259 g/mol. The van der Waals surface area contributed by atoms with Gasteiger partial charge in [-0.15, -0.1) is 0 Å². The van der Waals surface area contributed by atoms with Crippen molar-refractivity contribution in [2.24, 2.45) is 0 Å². The molecule has 0 saturated heterocycles. The van der Waals surface area contributed by atoms with Crippen molar-refractivity contribution in [3.8, 4) is 0 Å². The van der Waals surface area contributed by atoms with Gasteiger partial charge in [-0.05, 0) is 13.8 Å². The van der Waals surface area contributed by atoms with Crippen molar-refractivity contribution in [1.29, 1.82) is 0 Å². The van der Waals surface area contributed by atoms with Gasteiger partial charge in [0, 0.05) is 7.11 Å². The Labute approximate surface area is 81.9 Å². The molecule has 74 valence electrons. The summed E-state index contributed by atoms with van der Waals surface area (Å²) in [5.74, 6) is 0. The molecule has 1 N–H and O–H groups in total. The van der Waals surface area contributed by atoms with E-state index < -0.39 is 15.6 Å². The first kappa shape index (κ1) is 12.3. The number of alkyl halides is 1. The number of hydrogen-bond acceptors (Lipinski definition) is 3. The van der Waals surface area contributed by atoms with Crippen molar-refractivity contribution in [3.63, 3.8) is 0 Å². The molecule has 0 unspecified atom stereocenters. The minimum atomic E-state index is -3.21. The predicted octanol–water partition coefficient (Wildman–Crippen LogP) is 0.683. The van der Waals surface area contributed by atoms with Crippen molar-refractivity contribution in [1.82, 2.24) is 4.72 Å². The molecule has 0 aliphatic heterocycles. The van der Waals surface area contributed by atoms with Gasteiger partial charge in [0.2, 0.25) is 10.0 Å². The standard InChI is InChI=1S/C6H14BrNO3S/c1-6(2,4-11-3)8-12(9,10)5-7/h8H,4-5H2,1-3H3. The van der Waals surface area contributed by atoms with Crippen molar-refractivity contribution in [2.45, 2.75) is 19.4 Å². The molecule has 0 heterocycles. The lowest BCUT2D eigenvalue weighted by Crippen LogP contribution is -2.46. The van der Waals surface area contributed by atoms with E-state index >= 15 is 0 Å². The van der Waals surface area contributed by atoms with E-state index in [1.807, 2.05) is 0 Å². The average molecular weight is 260 g/mol. The highest BCUT2D eigenvalue weighted by Gasteiger charge is 2.23. The molecule has 0 saturated carbocycles. The fourth-order valence-electron chi connectivity index (χ4n) is 0.839. The number of sulfonamides is 1. The van der Waals surface area contributed by atoms with Gasteiger partial charge in [0.25, 0.3) is 0 Å². The van der Waals surface area contributed by atoms with Gasteiger partial charge < -0.3 is 4.74 Å². The van der Waals surface area contributed by atoms with Crippen LogP contribution in [0.5, 0.6) is 0 Å². The molecular formula is C6H14BrNO3S. The van der Waals surface area contributed by atoms with Crippen LogP contribution < -0.4 is 4.72 Å². The van der Waals surface area contributed by atoms with Crippen molar-refractivity contribution in [3.05, 3.63) is 0 Å². The fraction of sp³-hybridized carbons (Fsp3) is 1.00. The van der Waals surface area contributed by atoms with Crippen LogP contribution in [0.1, 0.15) is 13.8 Å². The van der Waals surface area contributed by atoms with E-state index in [2.05, 4.69) is 20.7 Å². The van der Waals surface area contributed by atoms with Gasteiger partial charge in [-0.25, -0.2) is 13.1 Å². The Morgan fingerprint density at radius 3 is 2.33 bits per heavy atom. The molecule has 0 aromatic heterocycles. The van der Waals surface area contributed by atoms with E-state index in [0.29, 0.717) is 6.61 Å². The van der Waals surface area contributed by atoms with Crippen LogP contribution in [-0.4, -0.2) is 32.3 Å². The largest absolute Gasteiger partial charge is 0.383 e. The summed E-state index contributed by atoms with van der Waals surface area (Å²) in [5.41, 5.74) is -0.554. The summed E-state index contributed by atoms with van der Waals surface area (Å²) in [4.78, 5) is 0. The lowest BCUT2D eigenvalue weighted by molar-refractivity contribution is 0.141. The van der Waals surface area contributed by atoms with Gasteiger partial charge in [0.1, 0.15) is 4.66 Å². The summed E-state index contributed by atoms with van der Waals surface area (Å²) in [6.07, 6.45) is 0. The summed E-state index contributed by atoms with van der Waals surface area (Å²) in [6, 6.07) is 0. The van der Waals surface area contributed by atoms with Crippen LogP contribution in [0.15, 0.2) is 0 Å². The second kappa shape index (κ2) is 4.55. The Morgan fingerprint density at radius 2 is 2.00 bits per heavy atom. The minimum Gasteiger partial charge on any atom is -0.383 e. The first-order valence-electron chi connectivity index (χ1n) is 3.39.